The van der Waals surface area contributed by atoms with Gasteiger partial charge in [0.15, 0.2) is 6.10 Å². The molecule has 0 fully saturated rings. The van der Waals surface area contributed by atoms with E-state index in [1.165, 1.54) is 0 Å². The third-order valence-electron chi connectivity index (χ3n) is 6.85. The van der Waals surface area contributed by atoms with Crippen LogP contribution in [-0.2, 0) is 34.0 Å². The standard InChI is InChI=1S/C26H28N4O6/c1-35-14-6-7-20-15(9-14)17(11-28-22(31)5-3-2-4-8-27)18-12-30-21(23(18)29-20)10-16-19(25(30)33)13-36-26(34)24(16)32/h6-7,9-10,24,32H,2-5,8,11-13,27H2,1H3,(H,28,31)/t24-/m0/s1. The molecule has 0 saturated heterocycles. The third-order valence-corrected chi connectivity index (χ3v) is 6.85. The first-order valence-electron chi connectivity index (χ1n) is 12.0. The van der Waals surface area contributed by atoms with Crippen LogP contribution >= 0.6 is 0 Å². The van der Waals surface area contributed by atoms with Crippen LogP contribution in [0.25, 0.3) is 22.3 Å². The maximum absolute atomic E-state index is 13.3. The minimum atomic E-state index is -1.51. The highest BCUT2D eigenvalue weighted by Crippen LogP contribution is 2.38. The van der Waals surface area contributed by atoms with Gasteiger partial charge in [-0.05, 0) is 49.2 Å². The molecule has 1 atom stereocenters. The van der Waals surface area contributed by atoms with E-state index >= 15 is 0 Å². The number of nitrogens with one attached hydrogen (secondary N) is 1. The van der Waals surface area contributed by atoms with Gasteiger partial charge < -0.3 is 30.2 Å². The largest absolute Gasteiger partial charge is 0.497 e. The molecule has 10 nitrogen and oxygen atoms in total. The van der Waals surface area contributed by atoms with Gasteiger partial charge in [-0.15, -0.1) is 0 Å². The Morgan fingerprint density at radius 1 is 1.25 bits per heavy atom. The molecule has 1 aromatic carbocycles. The van der Waals surface area contributed by atoms with Gasteiger partial charge in [0.05, 0.1) is 36.1 Å². The SMILES string of the molecule is COc1ccc2nc3c(c(CNC(=O)CCCCCN)c2c1)Cn1c-3cc2c(c1=O)COC(=O)[C@H]2O. The highest BCUT2D eigenvalue weighted by molar-refractivity contribution is 5.90. The zero-order valence-electron chi connectivity index (χ0n) is 20.0. The second-order valence-corrected chi connectivity index (χ2v) is 9.04. The fourth-order valence-electron chi connectivity index (χ4n) is 4.90. The zero-order chi connectivity index (χ0) is 25.4. The number of rotatable bonds is 8. The number of fused-ring (bicyclic) bond motifs is 5. The van der Waals surface area contributed by atoms with Gasteiger partial charge in [0.1, 0.15) is 12.4 Å². The van der Waals surface area contributed by atoms with Gasteiger partial charge in [-0.2, -0.15) is 0 Å². The summed E-state index contributed by atoms with van der Waals surface area (Å²) in [5.74, 6) is -0.186. The maximum atomic E-state index is 13.3. The molecule has 3 aromatic rings. The Balaban J connectivity index is 1.57. The molecule has 0 bridgehead atoms. The van der Waals surface area contributed by atoms with Gasteiger partial charge in [-0.3, -0.25) is 9.59 Å². The first-order chi connectivity index (χ1) is 17.4. The number of aromatic nitrogens is 2. The molecule has 36 heavy (non-hydrogen) atoms. The predicted octanol–water partition coefficient (Wildman–Crippen LogP) is 1.66. The van der Waals surface area contributed by atoms with Crippen molar-refractivity contribution in [2.24, 2.45) is 5.73 Å². The lowest BCUT2D eigenvalue weighted by Gasteiger charge is -2.21. The van der Waals surface area contributed by atoms with E-state index in [0.29, 0.717) is 35.6 Å². The van der Waals surface area contributed by atoms with Crippen molar-refractivity contribution in [1.82, 2.24) is 14.9 Å². The van der Waals surface area contributed by atoms with Crippen molar-refractivity contribution < 1.29 is 24.2 Å². The van der Waals surface area contributed by atoms with E-state index in [2.05, 4.69) is 5.32 Å². The molecule has 4 N–H and O–H groups in total. The molecule has 0 spiro atoms. The number of carbonyl (C=O) groups excluding carboxylic acids is 2. The molecule has 188 valence electrons. The third kappa shape index (κ3) is 4.12. The molecule has 2 aromatic heterocycles. The molecule has 0 saturated carbocycles. The number of amides is 1. The number of esters is 1. The van der Waals surface area contributed by atoms with Crippen LogP contribution in [-0.4, -0.2) is 40.2 Å². The number of aliphatic hydroxyl groups is 1. The number of methoxy groups -OCH3 is 1. The maximum Gasteiger partial charge on any atom is 0.340 e. The number of hydrogen-bond donors (Lipinski definition) is 3. The smallest absolute Gasteiger partial charge is 0.340 e. The van der Waals surface area contributed by atoms with Crippen molar-refractivity contribution >= 4 is 22.8 Å². The summed E-state index contributed by atoms with van der Waals surface area (Å²) in [5, 5.41) is 14.2. The molecule has 4 heterocycles. The summed E-state index contributed by atoms with van der Waals surface area (Å²) in [4.78, 5) is 42.6. The van der Waals surface area contributed by atoms with Crippen molar-refractivity contribution in [1.29, 1.82) is 0 Å². The van der Waals surface area contributed by atoms with E-state index in [1.54, 1.807) is 23.8 Å². The van der Waals surface area contributed by atoms with Crippen molar-refractivity contribution in [3.8, 4) is 17.1 Å². The number of aliphatic hydroxyl groups excluding tert-OH is 1. The van der Waals surface area contributed by atoms with E-state index in [-0.39, 0.29) is 42.3 Å². The molecular formula is C26H28N4O6. The van der Waals surface area contributed by atoms with Gasteiger partial charge in [0.25, 0.3) is 5.56 Å². The number of nitrogens with zero attached hydrogens (tertiary/aromatic N) is 2. The van der Waals surface area contributed by atoms with Crippen LogP contribution in [0.15, 0.2) is 29.1 Å². The van der Waals surface area contributed by atoms with Crippen LogP contribution in [0.1, 0.15) is 54.0 Å². The average Bonchev–Trinajstić information content (AvgIpc) is 3.25. The lowest BCUT2D eigenvalue weighted by molar-refractivity contribution is -0.157. The van der Waals surface area contributed by atoms with Crippen LogP contribution in [0.3, 0.4) is 0 Å². The quantitative estimate of drug-likeness (QED) is 0.249. The topological polar surface area (TPSA) is 146 Å². The number of ether oxygens (including phenoxy) is 2. The lowest BCUT2D eigenvalue weighted by atomic mass is 9.98. The molecule has 0 unspecified atom stereocenters. The van der Waals surface area contributed by atoms with Crippen LogP contribution in [0, 0.1) is 0 Å². The van der Waals surface area contributed by atoms with Crippen molar-refractivity contribution in [2.45, 2.75) is 51.5 Å². The summed E-state index contributed by atoms with van der Waals surface area (Å²) in [5.41, 5.74) is 9.16. The first-order valence-corrected chi connectivity index (χ1v) is 12.0. The molecular weight excluding hydrogens is 464 g/mol. The molecule has 2 aliphatic rings. The number of benzene rings is 1. The van der Waals surface area contributed by atoms with E-state index in [4.69, 9.17) is 20.2 Å². The summed E-state index contributed by atoms with van der Waals surface area (Å²) in [6.07, 6.45) is 1.45. The van der Waals surface area contributed by atoms with Gasteiger partial charge in [0, 0.05) is 29.5 Å². The Morgan fingerprint density at radius 3 is 2.86 bits per heavy atom. The first kappa shape index (κ1) is 24.0. The second-order valence-electron chi connectivity index (χ2n) is 9.04. The van der Waals surface area contributed by atoms with E-state index in [0.717, 1.165) is 35.8 Å². The number of nitrogens with two attached hydrogens (primary N) is 1. The minimum Gasteiger partial charge on any atom is -0.497 e. The normalized spacial score (nSPS) is 15.8. The van der Waals surface area contributed by atoms with Gasteiger partial charge in [0.2, 0.25) is 5.91 Å². The zero-order valence-corrected chi connectivity index (χ0v) is 20.0. The van der Waals surface area contributed by atoms with Gasteiger partial charge in [-0.1, -0.05) is 6.42 Å². The van der Waals surface area contributed by atoms with Crippen LogP contribution < -0.4 is 21.3 Å². The highest BCUT2D eigenvalue weighted by atomic mass is 16.5. The number of cyclic esters (lactones) is 1. The summed E-state index contributed by atoms with van der Waals surface area (Å²) in [6, 6.07) is 7.16. The molecule has 10 heteroatoms. The van der Waals surface area contributed by atoms with Crippen molar-refractivity contribution in [2.75, 3.05) is 13.7 Å². The van der Waals surface area contributed by atoms with E-state index < -0.39 is 12.1 Å². The Hall–Kier alpha value is -3.76. The lowest BCUT2D eigenvalue weighted by Crippen LogP contribution is -2.32. The summed E-state index contributed by atoms with van der Waals surface area (Å²) in [6.45, 7) is 0.944. The van der Waals surface area contributed by atoms with Gasteiger partial charge in [-0.25, -0.2) is 9.78 Å². The van der Waals surface area contributed by atoms with E-state index in [9.17, 15) is 19.5 Å². The average molecular weight is 493 g/mol. The van der Waals surface area contributed by atoms with Gasteiger partial charge >= 0.3 is 5.97 Å². The number of hydrogen-bond acceptors (Lipinski definition) is 8. The fourth-order valence-corrected chi connectivity index (χ4v) is 4.90. The Labute approximate surface area is 207 Å². The van der Waals surface area contributed by atoms with Crippen LogP contribution in [0.5, 0.6) is 5.75 Å². The molecule has 1 amide bonds. The second kappa shape index (κ2) is 9.71. The fraction of sp³-hybridized carbons (Fsp3) is 0.385. The minimum absolute atomic E-state index is 0.0597. The summed E-state index contributed by atoms with van der Waals surface area (Å²) < 4.78 is 12.0. The van der Waals surface area contributed by atoms with Crippen LogP contribution in [0.4, 0.5) is 0 Å². The number of pyridine rings is 2. The van der Waals surface area contributed by atoms with Crippen LogP contribution in [0.2, 0.25) is 0 Å². The number of unbranched alkanes of at least 4 members (excludes halogenated alkanes) is 2. The number of carbonyl (C=O) groups is 2. The molecule has 0 radical (unpaired) electrons. The Morgan fingerprint density at radius 2 is 2.08 bits per heavy atom. The Bertz CT molecular complexity index is 1430. The Kier molecular flexibility index (Phi) is 6.46. The predicted molar refractivity (Wildman–Crippen MR) is 131 cm³/mol. The molecule has 2 aliphatic heterocycles. The van der Waals surface area contributed by atoms with Crippen molar-refractivity contribution in [3.63, 3.8) is 0 Å². The molecule has 0 aliphatic carbocycles. The summed E-state index contributed by atoms with van der Waals surface area (Å²) >= 11 is 0. The summed E-state index contributed by atoms with van der Waals surface area (Å²) in [7, 11) is 1.58. The molecule has 5 rings (SSSR count). The highest BCUT2D eigenvalue weighted by Gasteiger charge is 2.34. The van der Waals surface area contributed by atoms with Crippen molar-refractivity contribution in [3.05, 3.63) is 56.9 Å². The van der Waals surface area contributed by atoms with E-state index in [1.807, 2.05) is 12.1 Å². The monoisotopic (exact) mass is 492 g/mol.